The molecular weight excluding hydrogens is 254 g/mol. The van der Waals surface area contributed by atoms with Gasteiger partial charge in [-0.05, 0) is 38.9 Å². The SMILES string of the molecule is CC(C)N1CCC(c2ncc3c(C(=O)O)cccn23)C1. The number of carbonyl (C=O) groups is 1. The highest BCUT2D eigenvalue weighted by Crippen LogP contribution is 2.28. The molecule has 0 amide bonds. The van der Waals surface area contributed by atoms with Crippen molar-refractivity contribution in [2.24, 2.45) is 0 Å². The van der Waals surface area contributed by atoms with E-state index in [9.17, 15) is 9.90 Å². The van der Waals surface area contributed by atoms with Crippen LogP contribution in [0.5, 0.6) is 0 Å². The summed E-state index contributed by atoms with van der Waals surface area (Å²) in [5.74, 6) is 0.451. The summed E-state index contributed by atoms with van der Waals surface area (Å²) in [4.78, 5) is 18.2. The molecule has 3 rings (SSSR count). The highest BCUT2D eigenvalue weighted by molar-refractivity contribution is 5.95. The van der Waals surface area contributed by atoms with Crippen LogP contribution in [0, 0.1) is 0 Å². The topological polar surface area (TPSA) is 57.8 Å². The lowest BCUT2D eigenvalue weighted by Crippen LogP contribution is -2.28. The van der Waals surface area contributed by atoms with E-state index in [1.54, 1.807) is 18.3 Å². The van der Waals surface area contributed by atoms with E-state index in [0.717, 1.165) is 25.3 Å². The standard InChI is InChI=1S/C15H19N3O2/c1-10(2)17-7-5-11(9-17)14-16-8-13-12(15(19)20)4-3-6-18(13)14/h3-4,6,8,10-11H,5,7,9H2,1-2H3,(H,19,20). The van der Waals surface area contributed by atoms with Gasteiger partial charge in [0.05, 0.1) is 17.3 Å². The zero-order valence-corrected chi connectivity index (χ0v) is 11.8. The van der Waals surface area contributed by atoms with Crippen molar-refractivity contribution in [1.29, 1.82) is 0 Å². The number of aromatic nitrogens is 2. The third-order valence-electron chi connectivity index (χ3n) is 4.14. The molecule has 1 saturated heterocycles. The van der Waals surface area contributed by atoms with Crippen molar-refractivity contribution in [2.75, 3.05) is 13.1 Å². The molecule has 0 radical (unpaired) electrons. The lowest BCUT2D eigenvalue weighted by Gasteiger charge is -2.19. The van der Waals surface area contributed by atoms with Gasteiger partial charge < -0.3 is 14.4 Å². The Morgan fingerprint density at radius 1 is 1.50 bits per heavy atom. The summed E-state index contributed by atoms with van der Waals surface area (Å²) in [6, 6.07) is 3.94. The molecule has 1 N–H and O–H groups in total. The Morgan fingerprint density at radius 2 is 2.30 bits per heavy atom. The van der Waals surface area contributed by atoms with Gasteiger partial charge in [0, 0.05) is 24.7 Å². The summed E-state index contributed by atoms with van der Waals surface area (Å²) in [6.45, 7) is 6.48. The summed E-state index contributed by atoms with van der Waals surface area (Å²) in [6.07, 6.45) is 4.66. The Balaban J connectivity index is 1.98. The van der Waals surface area contributed by atoms with E-state index in [0.29, 0.717) is 23.0 Å². The number of hydrogen-bond acceptors (Lipinski definition) is 3. The van der Waals surface area contributed by atoms with Crippen LogP contribution in [0.15, 0.2) is 24.5 Å². The average Bonchev–Trinajstić information content (AvgIpc) is 3.03. The van der Waals surface area contributed by atoms with Crippen LogP contribution in [0.3, 0.4) is 0 Å². The second kappa shape index (κ2) is 4.90. The zero-order valence-electron chi connectivity index (χ0n) is 11.8. The predicted octanol–water partition coefficient (Wildman–Crippen LogP) is 2.23. The first kappa shape index (κ1) is 13.1. The first-order valence-electron chi connectivity index (χ1n) is 7.01. The number of likely N-dealkylation sites (tertiary alicyclic amines) is 1. The predicted molar refractivity (Wildman–Crippen MR) is 76.2 cm³/mol. The van der Waals surface area contributed by atoms with Crippen molar-refractivity contribution in [2.45, 2.75) is 32.2 Å². The normalized spacial score (nSPS) is 20.1. The molecule has 2 aromatic rings. The van der Waals surface area contributed by atoms with Crippen LogP contribution in [0.2, 0.25) is 0 Å². The Hall–Kier alpha value is -1.88. The summed E-state index contributed by atoms with van der Waals surface area (Å²) in [5, 5.41) is 9.22. The molecule has 1 atom stereocenters. The number of hydrogen-bond donors (Lipinski definition) is 1. The van der Waals surface area contributed by atoms with Crippen molar-refractivity contribution in [3.8, 4) is 0 Å². The van der Waals surface area contributed by atoms with Crippen LogP contribution in [0.1, 0.15) is 42.4 Å². The smallest absolute Gasteiger partial charge is 0.337 e. The molecule has 1 unspecified atom stereocenters. The maximum absolute atomic E-state index is 11.2. The van der Waals surface area contributed by atoms with Crippen LogP contribution < -0.4 is 0 Å². The third kappa shape index (κ3) is 2.08. The van der Waals surface area contributed by atoms with Crippen molar-refractivity contribution in [3.05, 3.63) is 35.9 Å². The molecule has 0 aliphatic carbocycles. The minimum Gasteiger partial charge on any atom is -0.478 e. The lowest BCUT2D eigenvalue weighted by atomic mass is 10.1. The highest BCUT2D eigenvalue weighted by Gasteiger charge is 2.28. The van der Waals surface area contributed by atoms with Gasteiger partial charge in [0.15, 0.2) is 0 Å². The number of nitrogens with zero attached hydrogens (tertiary/aromatic N) is 3. The maximum Gasteiger partial charge on any atom is 0.337 e. The minimum absolute atomic E-state index is 0.310. The van der Waals surface area contributed by atoms with E-state index in [1.807, 2.05) is 10.6 Å². The number of rotatable bonds is 3. The van der Waals surface area contributed by atoms with Crippen LogP contribution in [0.4, 0.5) is 0 Å². The molecule has 1 aliphatic rings. The van der Waals surface area contributed by atoms with Crippen molar-refractivity contribution >= 4 is 11.5 Å². The van der Waals surface area contributed by atoms with Gasteiger partial charge in [0.25, 0.3) is 0 Å². The minimum atomic E-state index is -0.905. The largest absolute Gasteiger partial charge is 0.478 e. The third-order valence-corrected chi connectivity index (χ3v) is 4.14. The van der Waals surface area contributed by atoms with Crippen LogP contribution in [-0.4, -0.2) is 44.5 Å². The van der Waals surface area contributed by atoms with E-state index in [4.69, 9.17) is 0 Å². The van der Waals surface area contributed by atoms with Gasteiger partial charge >= 0.3 is 5.97 Å². The summed E-state index contributed by atoms with van der Waals surface area (Å²) < 4.78 is 1.93. The molecule has 3 heterocycles. The molecule has 2 aromatic heterocycles. The van der Waals surface area contributed by atoms with Gasteiger partial charge in [-0.25, -0.2) is 9.78 Å². The van der Waals surface area contributed by atoms with Gasteiger partial charge in [-0.15, -0.1) is 0 Å². The van der Waals surface area contributed by atoms with Gasteiger partial charge in [-0.3, -0.25) is 0 Å². The first-order valence-corrected chi connectivity index (χ1v) is 7.01. The monoisotopic (exact) mass is 273 g/mol. The second-order valence-corrected chi connectivity index (χ2v) is 5.67. The summed E-state index contributed by atoms with van der Waals surface area (Å²) in [5.41, 5.74) is 0.989. The lowest BCUT2D eigenvalue weighted by molar-refractivity contribution is 0.0698. The van der Waals surface area contributed by atoms with E-state index in [1.165, 1.54) is 0 Å². The average molecular weight is 273 g/mol. The Labute approximate surface area is 117 Å². The fourth-order valence-electron chi connectivity index (χ4n) is 2.99. The fourth-order valence-corrected chi connectivity index (χ4v) is 2.99. The molecule has 20 heavy (non-hydrogen) atoms. The molecule has 0 spiro atoms. The molecule has 1 aliphatic heterocycles. The maximum atomic E-state index is 11.2. The van der Waals surface area contributed by atoms with Crippen molar-refractivity contribution in [3.63, 3.8) is 0 Å². The van der Waals surface area contributed by atoms with Gasteiger partial charge in [-0.2, -0.15) is 0 Å². The van der Waals surface area contributed by atoms with Gasteiger partial charge in [-0.1, -0.05) is 0 Å². The number of imidazole rings is 1. The van der Waals surface area contributed by atoms with Crippen molar-refractivity contribution < 1.29 is 9.90 Å². The Morgan fingerprint density at radius 3 is 2.95 bits per heavy atom. The molecule has 5 heteroatoms. The highest BCUT2D eigenvalue weighted by atomic mass is 16.4. The van der Waals surface area contributed by atoms with E-state index in [-0.39, 0.29) is 0 Å². The van der Waals surface area contributed by atoms with Crippen LogP contribution in [0.25, 0.3) is 5.52 Å². The number of pyridine rings is 1. The molecule has 106 valence electrons. The summed E-state index contributed by atoms with van der Waals surface area (Å²) >= 11 is 0. The summed E-state index contributed by atoms with van der Waals surface area (Å²) in [7, 11) is 0. The van der Waals surface area contributed by atoms with Gasteiger partial charge in [0.1, 0.15) is 5.82 Å². The number of carboxylic acid groups (broad SMARTS) is 1. The molecule has 1 fully saturated rings. The number of aromatic carboxylic acids is 1. The van der Waals surface area contributed by atoms with Crippen molar-refractivity contribution in [1.82, 2.24) is 14.3 Å². The van der Waals surface area contributed by atoms with E-state index >= 15 is 0 Å². The molecule has 5 nitrogen and oxygen atoms in total. The number of fused-ring (bicyclic) bond motifs is 1. The van der Waals surface area contributed by atoms with E-state index in [2.05, 4.69) is 23.7 Å². The van der Waals surface area contributed by atoms with Gasteiger partial charge in [0.2, 0.25) is 0 Å². The number of carboxylic acids is 1. The molecule has 0 saturated carbocycles. The molecule has 0 aromatic carbocycles. The van der Waals surface area contributed by atoms with Crippen LogP contribution >= 0.6 is 0 Å². The Kier molecular flexibility index (Phi) is 3.22. The fraction of sp³-hybridized carbons (Fsp3) is 0.467. The quantitative estimate of drug-likeness (QED) is 0.931. The van der Waals surface area contributed by atoms with E-state index < -0.39 is 5.97 Å². The zero-order chi connectivity index (χ0) is 14.3. The first-order chi connectivity index (χ1) is 9.58. The molecule has 0 bridgehead atoms. The molecular formula is C15H19N3O2. The second-order valence-electron chi connectivity index (χ2n) is 5.67. The Bertz CT molecular complexity index is 648. The van der Waals surface area contributed by atoms with Crippen LogP contribution in [-0.2, 0) is 0 Å².